The molecule has 0 aliphatic carbocycles. The van der Waals surface area contributed by atoms with Crippen LogP contribution in [0, 0.1) is 11.7 Å². The second kappa shape index (κ2) is 8.63. The van der Waals surface area contributed by atoms with Crippen molar-refractivity contribution >= 4 is 32.4 Å². The molecule has 0 unspecified atom stereocenters. The summed E-state index contributed by atoms with van der Waals surface area (Å²) in [7, 11) is -3.54. The quantitative estimate of drug-likeness (QED) is 0.644. The van der Waals surface area contributed by atoms with Crippen LogP contribution in [0.15, 0.2) is 64.9 Å². The first kappa shape index (κ1) is 20.6. The normalized spacial score (nSPS) is 15.8. The van der Waals surface area contributed by atoms with E-state index in [4.69, 9.17) is 0 Å². The lowest BCUT2D eigenvalue weighted by Crippen LogP contribution is -2.41. The van der Waals surface area contributed by atoms with E-state index in [0.717, 1.165) is 5.56 Å². The van der Waals surface area contributed by atoms with Gasteiger partial charge in [-0.25, -0.2) is 17.8 Å². The van der Waals surface area contributed by atoms with E-state index in [1.54, 1.807) is 47.8 Å². The van der Waals surface area contributed by atoms with Crippen molar-refractivity contribution in [3.63, 3.8) is 0 Å². The fourth-order valence-corrected chi connectivity index (χ4v) is 5.61. The zero-order chi connectivity index (χ0) is 21.1. The number of carbonyl (C=O) groups excluding carboxylic acids is 1. The predicted octanol–water partition coefficient (Wildman–Crippen LogP) is 3.99. The monoisotopic (exact) mass is 445 g/mol. The van der Waals surface area contributed by atoms with Gasteiger partial charge in [0.1, 0.15) is 5.82 Å². The number of hydrogen-bond acceptors (Lipinski definition) is 5. The minimum Gasteiger partial charge on any atom is -0.302 e. The van der Waals surface area contributed by atoms with Gasteiger partial charge < -0.3 is 5.32 Å². The lowest BCUT2D eigenvalue weighted by molar-refractivity contribution is -0.120. The summed E-state index contributed by atoms with van der Waals surface area (Å²) in [6.45, 7) is 0.599. The van der Waals surface area contributed by atoms with Crippen LogP contribution < -0.4 is 5.32 Å². The Balaban J connectivity index is 1.35. The summed E-state index contributed by atoms with van der Waals surface area (Å²) in [4.78, 5) is 17.3. The number of halogens is 1. The molecule has 1 saturated heterocycles. The van der Waals surface area contributed by atoms with E-state index in [2.05, 4.69) is 10.3 Å². The molecule has 0 radical (unpaired) electrons. The molecule has 1 fully saturated rings. The second-order valence-electron chi connectivity index (χ2n) is 7.03. The number of nitrogens with zero attached hydrogens (tertiary/aromatic N) is 2. The zero-order valence-corrected chi connectivity index (χ0v) is 17.6. The SMILES string of the molecule is O=C(Nc1nc(-c2ccc(F)cc2)cs1)C1CCN(S(=O)(=O)c2ccccc2)CC1. The first-order valence-corrected chi connectivity index (χ1v) is 11.8. The smallest absolute Gasteiger partial charge is 0.243 e. The summed E-state index contributed by atoms with van der Waals surface area (Å²) in [5.41, 5.74) is 1.44. The highest BCUT2D eigenvalue weighted by atomic mass is 32.2. The second-order valence-corrected chi connectivity index (χ2v) is 9.82. The molecule has 1 aliphatic heterocycles. The Bertz CT molecular complexity index is 1120. The van der Waals surface area contributed by atoms with Gasteiger partial charge in [0.25, 0.3) is 0 Å². The van der Waals surface area contributed by atoms with Gasteiger partial charge in [0.2, 0.25) is 15.9 Å². The average Bonchev–Trinajstić information content (AvgIpc) is 3.23. The van der Waals surface area contributed by atoms with Crippen LogP contribution in [-0.4, -0.2) is 36.7 Å². The molecular formula is C21H20FN3O3S2. The maximum Gasteiger partial charge on any atom is 0.243 e. The molecule has 2 heterocycles. The molecule has 4 rings (SSSR count). The lowest BCUT2D eigenvalue weighted by atomic mass is 9.97. The number of benzene rings is 2. The number of nitrogens with one attached hydrogen (secondary N) is 1. The molecule has 2 aromatic carbocycles. The fourth-order valence-electron chi connectivity index (χ4n) is 3.39. The molecule has 1 amide bonds. The molecule has 9 heteroatoms. The van der Waals surface area contributed by atoms with Gasteiger partial charge in [-0.15, -0.1) is 11.3 Å². The number of amides is 1. The molecule has 0 saturated carbocycles. The topological polar surface area (TPSA) is 79.4 Å². The number of sulfonamides is 1. The molecule has 1 aliphatic rings. The average molecular weight is 446 g/mol. The van der Waals surface area contributed by atoms with Gasteiger partial charge in [0, 0.05) is 30.0 Å². The number of rotatable bonds is 5. The number of anilines is 1. The largest absolute Gasteiger partial charge is 0.302 e. The Hall–Kier alpha value is -2.62. The molecule has 1 aromatic heterocycles. The summed E-state index contributed by atoms with van der Waals surface area (Å²) in [5.74, 6) is -0.750. The third kappa shape index (κ3) is 4.43. The molecular weight excluding hydrogens is 425 g/mol. The molecule has 0 atom stereocenters. The zero-order valence-electron chi connectivity index (χ0n) is 16.0. The van der Waals surface area contributed by atoms with Crippen molar-refractivity contribution < 1.29 is 17.6 Å². The summed E-state index contributed by atoms with van der Waals surface area (Å²) < 4.78 is 39.9. The highest BCUT2D eigenvalue weighted by Gasteiger charge is 2.32. The third-order valence-electron chi connectivity index (χ3n) is 5.08. The van der Waals surface area contributed by atoms with Crippen molar-refractivity contribution in [3.8, 4) is 11.3 Å². The van der Waals surface area contributed by atoms with Gasteiger partial charge in [0.05, 0.1) is 10.6 Å². The fraction of sp³-hybridized carbons (Fsp3) is 0.238. The van der Waals surface area contributed by atoms with Crippen LogP contribution in [0.3, 0.4) is 0 Å². The van der Waals surface area contributed by atoms with E-state index in [0.29, 0.717) is 36.8 Å². The van der Waals surface area contributed by atoms with Crippen LogP contribution in [0.5, 0.6) is 0 Å². The van der Waals surface area contributed by atoms with Crippen molar-refractivity contribution in [1.29, 1.82) is 0 Å². The van der Waals surface area contributed by atoms with E-state index < -0.39 is 10.0 Å². The minimum atomic E-state index is -3.54. The summed E-state index contributed by atoms with van der Waals surface area (Å²) in [5, 5.41) is 5.10. The van der Waals surface area contributed by atoms with Crippen molar-refractivity contribution in [1.82, 2.24) is 9.29 Å². The van der Waals surface area contributed by atoms with Gasteiger partial charge in [0.15, 0.2) is 5.13 Å². The van der Waals surface area contributed by atoms with E-state index in [-0.39, 0.29) is 22.5 Å². The van der Waals surface area contributed by atoms with Crippen molar-refractivity contribution in [2.24, 2.45) is 5.92 Å². The van der Waals surface area contributed by atoms with Crippen LogP contribution in [0.25, 0.3) is 11.3 Å². The number of piperidine rings is 1. The third-order valence-corrected chi connectivity index (χ3v) is 7.75. The van der Waals surface area contributed by atoms with Crippen LogP contribution in [0.4, 0.5) is 9.52 Å². The van der Waals surface area contributed by atoms with E-state index >= 15 is 0 Å². The highest BCUT2D eigenvalue weighted by molar-refractivity contribution is 7.89. The first-order valence-electron chi connectivity index (χ1n) is 9.51. The standard InChI is InChI=1S/C21H20FN3O3S2/c22-17-8-6-15(7-9-17)19-14-29-21(23-19)24-20(26)16-10-12-25(13-11-16)30(27,28)18-4-2-1-3-5-18/h1-9,14,16H,10-13H2,(H,23,24,26). The van der Waals surface area contributed by atoms with Crippen LogP contribution in [0.2, 0.25) is 0 Å². The molecule has 0 spiro atoms. The maximum absolute atomic E-state index is 13.1. The van der Waals surface area contributed by atoms with E-state index in [1.165, 1.54) is 27.8 Å². The number of carbonyl (C=O) groups is 1. The Morgan fingerprint density at radius 2 is 1.73 bits per heavy atom. The Labute approximate surface area is 178 Å². The Morgan fingerprint density at radius 3 is 2.40 bits per heavy atom. The molecule has 0 bridgehead atoms. The number of thiazole rings is 1. The first-order chi connectivity index (χ1) is 14.4. The van der Waals surface area contributed by atoms with Crippen molar-refractivity contribution in [2.75, 3.05) is 18.4 Å². The van der Waals surface area contributed by atoms with Gasteiger partial charge in [-0.1, -0.05) is 18.2 Å². The van der Waals surface area contributed by atoms with Crippen LogP contribution in [0.1, 0.15) is 12.8 Å². The number of hydrogen-bond donors (Lipinski definition) is 1. The number of aromatic nitrogens is 1. The van der Waals surface area contributed by atoms with E-state index in [1.807, 2.05) is 0 Å². The van der Waals surface area contributed by atoms with Gasteiger partial charge in [-0.3, -0.25) is 4.79 Å². The molecule has 6 nitrogen and oxygen atoms in total. The van der Waals surface area contributed by atoms with Crippen LogP contribution in [-0.2, 0) is 14.8 Å². The van der Waals surface area contributed by atoms with Crippen LogP contribution >= 0.6 is 11.3 Å². The van der Waals surface area contributed by atoms with Gasteiger partial charge in [-0.05, 0) is 49.2 Å². The van der Waals surface area contributed by atoms with Crippen molar-refractivity contribution in [3.05, 3.63) is 65.8 Å². The summed E-state index contributed by atoms with van der Waals surface area (Å²) in [6, 6.07) is 14.3. The molecule has 1 N–H and O–H groups in total. The summed E-state index contributed by atoms with van der Waals surface area (Å²) >= 11 is 1.30. The molecule has 3 aromatic rings. The summed E-state index contributed by atoms with van der Waals surface area (Å²) in [6.07, 6.45) is 0.905. The molecule has 156 valence electrons. The lowest BCUT2D eigenvalue weighted by Gasteiger charge is -2.30. The Kier molecular flexibility index (Phi) is 5.94. The highest BCUT2D eigenvalue weighted by Crippen LogP contribution is 2.28. The van der Waals surface area contributed by atoms with Gasteiger partial charge >= 0.3 is 0 Å². The maximum atomic E-state index is 13.1. The van der Waals surface area contributed by atoms with Gasteiger partial charge in [-0.2, -0.15) is 4.31 Å². The van der Waals surface area contributed by atoms with E-state index in [9.17, 15) is 17.6 Å². The Morgan fingerprint density at radius 1 is 1.07 bits per heavy atom. The van der Waals surface area contributed by atoms with Crippen molar-refractivity contribution in [2.45, 2.75) is 17.7 Å². The predicted molar refractivity (Wildman–Crippen MR) is 114 cm³/mol. The minimum absolute atomic E-state index is 0.160. The molecule has 30 heavy (non-hydrogen) atoms.